The molecule has 0 aliphatic heterocycles. The Kier molecular flexibility index (Phi) is 4.93. The van der Waals surface area contributed by atoms with Gasteiger partial charge in [-0.3, -0.25) is 10.2 Å². The van der Waals surface area contributed by atoms with Crippen molar-refractivity contribution in [3.05, 3.63) is 44.9 Å². The zero-order valence-corrected chi connectivity index (χ0v) is 13.2. The summed E-state index contributed by atoms with van der Waals surface area (Å²) >= 11 is 1.35. The maximum atomic E-state index is 11.5. The van der Waals surface area contributed by atoms with Gasteiger partial charge in [-0.25, -0.2) is 10.8 Å². The summed E-state index contributed by atoms with van der Waals surface area (Å²) in [5.74, 6) is 5.77. The second-order valence-corrected chi connectivity index (χ2v) is 5.90. The smallest absolute Gasteiger partial charge is 0.277 e. The van der Waals surface area contributed by atoms with Gasteiger partial charge in [0.15, 0.2) is 0 Å². The van der Waals surface area contributed by atoms with E-state index >= 15 is 0 Å². The fourth-order valence-electron chi connectivity index (χ4n) is 2.10. The van der Waals surface area contributed by atoms with E-state index < -0.39 is 0 Å². The van der Waals surface area contributed by atoms with Gasteiger partial charge in [-0.15, -0.1) is 11.3 Å². The predicted molar refractivity (Wildman–Crippen MR) is 83.6 cm³/mol. The van der Waals surface area contributed by atoms with Gasteiger partial charge in [0, 0.05) is 6.42 Å². The normalized spacial score (nSPS) is 10.5. The highest BCUT2D eigenvalue weighted by Gasteiger charge is 2.14. The predicted octanol–water partition coefficient (Wildman–Crippen LogP) is 2.29. The van der Waals surface area contributed by atoms with Crippen molar-refractivity contribution < 1.29 is 9.53 Å². The van der Waals surface area contributed by atoms with E-state index in [9.17, 15) is 4.79 Å². The molecular formula is C15H19N3O2S. The molecule has 0 saturated heterocycles. The molecule has 0 aliphatic rings. The Labute approximate surface area is 128 Å². The lowest BCUT2D eigenvalue weighted by Crippen LogP contribution is -2.29. The number of hydrazine groups is 1. The van der Waals surface area contributed by atoms with Gasteiger partial charge in [-0.1, -0.05) is 18.2 Å². The Hall–Kier alpha value is -1.92. The lowest BCUT2D eigenvalue weighted by molar-refractivity contribution is 0.0957. The number of benzene rings is 1. The third-order valence-electron chi connectivity index (χ3n) is 3.15. The molecule has 0 atom stereocenters. The molecule has 6 heteroatoms. The van der Waals surface area contributed by atoms with E-state index in [1.54, 1.807) is 6.92 Å². The summed E-state index contributed by atoms with van der Waals surface area (Å²) in [6.07, 6.45) is 0.664. The highest BCUT2D eigenvalue weighted by atomic mass is 32.1. The highest BCUT2D eigenvalue weighted by molar-refractivity contribution is 7.13. The minimum Gasteiger partial charge on any atom is -0.493 e. The van der Waals surface area contributed by atoms with E-state index in [0.29, 0.717) is 23.6 Å². The van der Waals surface area contributed by atoms with Crippen LogP contribution >= 0.6 is 11.3 Å². The quantitative estimate of drug-likeness (QED) is 0.505. The number of carbonyl (C=O) groups excluding carboxylic acids is 1. The van der Waals surface area contributed by atoms with Crippen LogP contribution in [0.5, 0.6) is 5.75 Å². The topological polar surface area (TPSA) is 77.2 Å². The molecule has 0 saturated carbocycles. The van der Waals surface area contributed by atoms with Gasteiger partial charge < -0.3 is 4.74 Å². The van der Waals surface area contributed by atoms with Crippen molar-refractivity contribution in [2.75, 3.05) is 6.61 Å². The lowest BCUT2D eigenvalue weighted by Gasteiger charge is -2.10. The maximum absolute atomic E-state index is 11.5. The van der Waals surface area contributed by atoms with Crippen LogP contribution in [0.25, 0.3) is 0 Å². The molecule has 5 nitrogen and oxygen atoms in total. The number of rotatable bonds is 5. The van der Waals surface area contributed by atoms with Crippen LogP contribution in [0, 0.1) is 20.8 Å². The number of thiazole rings is 1. The number of nitrogens with two attached hydrogens (primary N) is 1. The van der Waals surface area contributed by atoms with Crippen LogP contribution in [0.4, 0.5) is 0 Å². The van der Waals surface area contributed by atoms with Crippen LogP contribution in [-0.2, 0) is 6.42 Å². The standard InChI is InChI=1S/C15H19N3O2S/c1-9-5-4-6-10(2)13(9)20-8-7-12-17-11(3)14(21-12)15(19)18-16/h4-6H,7-8,16H2,1-3H3,(H,18,19). The number of carbonyl (C=O) groups is 1. The van der Waals surface area contributed by atoms with E-state index in [2.05, 4.69) is 10.4 Å². The Bertz CT molecular complexity index is 632. The Morgan fingerprint density at radius 1 is 1.33 bits per heavy atom. The largest absolute Gasteiger partial charge is 0.493 e. The van der Waals surface area contributed by atoms with Crippen molar-refractivity contribution in [2.45, 2.75) is 27.2 Å². The van der Waals surface area contributed by atoms with E-state index in [0.717, 1.165) is 21.9 Å². The molecule has 0 unspecified atom stereocenters. The summed E-state index contributed by atoms with van der Waals surface area (Å²) in [7, 11) is 0. The number of para-hydroxylation sites is 1. The summed E-state index contributed by atoms with van der Waals surface area (Å²) in [5, 5.41) is 0.873. The first-order valence-electron chi connectivity index (χ1n) is 6.69. The average Bonchev–Trinajstić information content (AvgIpc) is 2.82. The Morgan fingerprint density at radius 2 is 2.00 bits per heavy atom. The summed E-state index contributed by atoms with van der Waals surface area (Å²) in [5.41, 5.74) is 5.07. The summed E-state index contributed by atoms with van der Waals surface area (Å²) in [4.78, 5) is 16.5. The minimum absolute atomic E-state index is 0.299. The zero-order chi connectivity index (χ0) is 15.4. The molecule has 1 aromatic carbocycles. The first-order chi connectivity index (χ1) is 10.0. The lowest BCUT2D eigenvalue weighted by atomic mass is 10.1. The average molecular weight is 305 g/mol. The minimum atomic E-state index is -0.299. The molecular weight excluding hydrogens is 286 g/mol. The second kappa shape index (κ2) is 6.69. The fraction of sp³-hybridized carbons (Fsp3) is 0.333. The molecule has 2 rings (SSSR count). The van der Waals surface area contributed by atoms with Crippen LogP contribution in [0.1, 0.15) is 31.5 Å². The van der Waals surface area contributed by atoms with Gasteiger partial charge in [0.05, 0.1) is 17.3 Å². The van der Waals surface area contributed by atoms with Gasteiger partial charge in [0.2, 0.25) is 0 Å². The summed E-state index contributed by atoms with van der Waals surface area (Å²) in [6.45, 7) is 6.39. The van der Waals surface area contributed by atoms with Crippen molar-refractivity contribution in [3.63, 3.8) is 0 Å². The molecule has 0 radical (unpaired) electrons. The van der Waals surface area contributed by atoms with E-state index in [1.165, 1.54) is 11.3 Å². The third-order valence-corrected chi connectivity index (χ3v) is 4.37. The Morgan fingerprint density at radius 3 is 2.62 bits per heavy atom. The number of aryl methyl sites for hydroxylation is 3. The van der Waals surface area contributed by atoms with Crippen molar-refractivity contribution >= 4 is 17.2 Å². The monoisotopic (exact) mass is 305 g/mol. The first kappa shape index (κ1) is 15.5. The number of amides is 1. The highest BCUT2D eigenvalue weighted by Crippen LogP contribution is 2.23. The molecule has 1 heterocycles. The number of ether oxygens (including phenoxy) is 1. The molecule has 2 aromatic rings. The van der Waals surface area contributed by atoms with E-state index in [1.807, 2.05) is 32.0 Å². The number of hydrogen-bond donors (Lipinski definition) is 2. The van der Waals surface area contributed by atoms with Crippen LogP contribution in [0.2, 0.25) is 0 Å². The van der Waals surface area contributed by atoms with Gasteiger partial charge in [0.25, 0.3) is 5.91 Å². The van der Waals surface area contributed by atoms with Crippen molar-refractivity contribution in [2.24, 2.45) is 5.84 Å². The van der Waals surface area contributed by atoms with Crippen LogP contribution < -0.4 is 16.0 Å². The number of aromatic nitrogens is 1. The second-order valence-electron chi connectivity index (χ2n) is 4.81. The molecule has 3 N–H and O–H groups in total. The van der Waals surface area contributed by atoms with Gasteiger partial charge in [0.1, 0.15) is 10.6 Å². The van der Waals surface area contributed by atoms with Crippen LogP contribution in [0.15, 0.2) is 18.2 Å². The van der Waals surface area contributed by atoms with E-state index in [-0.39, 0.29) is 5.91 Å². The van der Waals surface area contributed by atoms with Crippen LogP contribution in [-0.4, -0.2) is 17.5 Å². The molecule has 0 bridgehead atoms. The summed E-state index contributed by atoms with van der Waals surface area (Å²) in [6, 6.07) is 6.07. The van der Waals surface area contributed by atoms with Crippen molar-refractivity contribution in [1.82, 2.24) is 10.4 Å². The number of nitrogens with zero attached hydrogens (tertiary/aromatic N) is 1. The molecule has 21 heavy (non-hydrogen) atoms. The van der Waals surface area contributed by atoms with Crippen molar-refractivity contribution in [1.29, 1.82) is 0 Å². The molecule has 0 fully saturated rings. The molecule has 1 amide bonds. The number of nitrogens with one attached hydrogen (secondary N) is 1. The molecule has 1 aromatic heterocycles. The maximum Gasteiger partial charge on any atom is 0.277 e. The fourth-order valence-corrected chi connectivity index (χ4v) is 3.05. The van der Waals surface area contributed by atoms with Gasteiger partial charge in [-0.05, 0) is 31.9 Å². The molecule has 0 aliphatic carbocycles. The number of nitrogen functional groups attached to an aromatic ring is 1. The Balaban J connectivity index is 2.00. The number of hydrogen-bond acceptors (Lipinski definition) is 5. The molecule has 0 spiro atoms. The SMILES string of the molecule is Cc1cccc(C)c1OCCc1nc(C)c(C(=O)NN)s1. The van der Waals surface area contributed by atoms with Crippen LogP contribution in [0.3, 0.4) is 0 Å². The van der Waals surface area contributed by atoms with Crippen molar-refractivity contribution in [3.8, 4) is 5.75 Å². The summed E-state index contributed by atoms with van der Waals surface area (Å²) < 4.78 is 5.85. The van der Waals surface area contributed by atoms with Gasteiger partial charge >= 0.3 is 0 Å². The molecule has 112 valence electrons. The van der Waals surface area contributed by atoms with E-state index in [4.69, 9.17) is 10.6 Å². The van der Waals surface area contributed by atoms with Gasteiger partial charge in [-0.2, -0.15) is 0 Å². The third kappa shape index (κ3) is 3.59. The zero-order valence-electron chi connectivity index (χ0n) is 12.4. The first-order valence-corrected chi connectivity index (χ1v) is 7.51.